The van der Waals surface area contributed by atoms with Gasteiger partial charge in [-0.25, -0.2) is 0 Å². The molecule has 0 unspecified atom stereocenters. The zero-order valence-electron chi connectivity index (χ0n) is 13.7. The van der Waals surface area contributed by atoms with E-state index in [0.29, 0.717) is 11.5 Å². The zero-order chi connectivity index (χ0) is 16.8. The Hall–Kier alpha value is -2.75. The molecule has 3 aromatic rings. The van der Waals surface area contributed by atoms with E-state index in [1.54, 1.807) is 6.08 Å². The first kappa shape index (κ1) is 18.6. The predicted octanol–water partition coefficient (Wildman–Crippen LogP) is 5.88. The van der Waals surface area contributed by atoms with Crippen molar-refractivity contribution in [1.82, 2.24) is 0 Å². The molecular weight excluding hydrogens is 334 g/mol. The van der Waals surface area contributed by atoms with Crippen LogP contribution < -0.4 is 15.2 Å². The van der Waals surface area contributed by atoms with Crippen LogP contribution in [0.5, 0.6) is 23.0 Å². The maximum absolute atomic E-state index is 6.04. The van der Waals surface area contributed by atoms with Crippen LogP contribution in [0.3, 0.4) is 0 Å². The third-order valence-corrected chi connectivity index (χ3v) is 3.55. The fourth-order valence-electron chi connectivity index (χ4n) is 2.26. The molecule has 3 aromatic carbocycles. The van der Waals surface area contributed by atoms with Crippen molar-refractivity contribution in [2.75, 3.05) is 0 Å². The average molecular weight is 354 g/mol. The Balaban J connectivity index is 0.00000225. The molecule has 2 N–H and O–H groups in total. The summed E-state index contributed by atoms with van der Waals surface area (Å²) in [5.74, 6) is 2.72. The Morgan fingerprint density at radius 2 is 1.28 bits per heavy atom. The minimum atomic E-state index is -0.256. The zero-order valence-corrected chi connectivity index (χ0v) is 14.5. The van der Waals surface area contributed by atoms with Gasteiger partial charge in [0.15, 0.2) is 11.5 Å². The number of benzene rings is 3. The van der Waals surface area contributed by atoms with E-state index in [4.69, 9.17) is 15.2 Å². The van der Waals surface area contributed by atoms with Gasteiger partial charge in [0.05, 0.1) is 0 Å². The minimum Gasteiger partial charge on any atom is -0.453 e. The molecule has 0 aromatic heterocycles. The first-order valence-corrected chi connectivity index (χ1v) is 7.74. The highest BCUT2D eigenvalue weighted by molar-refractivity contribution is 5.85. The van der Waals surface area contributed by atoms with E-state index in [-0.39, 0.29) is 18.4 Å². The van der Waals surface area contributed by atoms with Crippen molar-refractivity contribution < 1.29 is 9.47 Å². The van der Waals surface area contributed by atoms with Gasteiger partial charge in [-0.1, -0.05) is 48.5 Å². The summed E-state index contributed by atoms with van der Waals surface area (Å²) in [4.78, 5) is 0. The maximum Gasteiger partial charge on any atom is 0.170 e. The van der Waals surface area contributed by atoms with Gasteiger partial charge in [-0.3, -0.25) is 0 Å². The van der Waals surface area contributed by atoms with Crippen LogP contribution in [0.15, 0.2) is 91.5 Å². The van der Waals surface area contributed by atoms with Gasteiger partial charge in [-0.15, -0.1) is 19.0 Å². The van der Waals surface area contributed by atoms with Crippen molar-refractivity contribution in [1.29, 1.82) is 0 Å². The lowest BCUT2D eigenvalue weighted by Gasteiger charge is -2.15. The molecule has 0 aliphatic heterocycles. The Morgan fingerprint density at radius 1 is 0.760 bits per heavy atom. The van der Waals surface area contributed by atoms with E-state index in [1.165, 1.54) is 0 Å². The van der Waals surface area contributed by atoms with Crippen LogP contribution in [0.1, 0.15) is 11.6 Å². The summed E-state index contributed by atoms with van der Waals surface area (Å²) >= 11 is 0. The second-order valence-electron chi connectivity index (χ2n) is 5.30. The minimum absolute atomic E-state index is 0. The van der Waals surface area contributed by atoms with Gasteiger partial charge < -0.3 is 15.2 Å². The normalized spacial score (nSPS) is 11.1. The van der Waals surface area contributed by atoms with Gasteiger partial charge in [-0.2, -0.15) is 0 Å². The van der Waals surface area contributed by atoms with Gasteiger partial charge in [0.25, 0.3) is 0 Å². The van der Waals surface area contributed by atoms with Gasteiger partial charge >= 0.3 is 0 Å². The lowest BCUT2D eigenvalue weighted by atomic mass is 10.1. The summed E-state index contributed by atoms with van der Waals surface area (Å²) in [7, 11) is 0. The summed E-state index contributed by atoms with van der Waals surface area (Å²) in [6.45, 7) is 3.74. The quantitative estimate of drug-likeness (QED) is 0.563. The second kappa shape index (κ2) is 8.92. The van der Waals surface area contributed by atoms with Crippen LogP contribution in [-0.2, 0) is 0 Å². The third kappa shape index (κ3) is 4.86. The molecule has 0 heterocycles. The van der Waals surface area contributed by atoms with Crippen LogP contribution >= 0.6 is 12.4 Å². The summed E-state index contributed by atoms with van der Waals surface area (Å²) in [5.41, 5.74) is 6.96. The molecule has 0 aliphatic carbocycles. The molecule has 4 heteroatoms. The standard InChI is InChI=1S/C21H19NO2.ClH/c1-2-19(22)16-13-14-20(23-17-9-5-3-6-10-17)21(15-16)24-18-11-7-4-8-12-18;/h2-15,19H,1,22H2;1H/t19-;/m0./s1. The molecule has 0 radical (unpaired) electrons. The molecule has 0 bridgehead atoms. The van der Waals surface area contributed by atoms with E-state index in [2.05, 4.69) is 6.58 Å². The number of ether oxygens (including phenoxy) is 2. The highest BCUT2D eigenvalue weighted by Crippen LogP contribution is 2.36. The summed E-state index contributed by atoms with van der Waals surface area (Å²) in [5, 5.41) is 0. The molecule has 0 aliphatic rings. The Bertz CT molecular complexity index is 807. The first-order valence-electron chi connectivity index (χ1n) is 7.74. The van der Waals surface area contributed by atoms with Gasteiger partial charge in [0.1, 0.15) is 11.5 Å². The van der Waals surface area contributed by atoms with Crippen molar-refractivity contribution >= 4 is 12.4 Å². The molecule has 1 atom stereocenters. The van der Waals surface area contributed by atoms with Gasteiger partial charge in [0.2, 0.25) is 0 Å². The topological polar surface area (TPSA) is 44.5 Å². The second-order valence-corrected chi connectivity index (χ2v) is 5.30. The van der Waals surface area contributed by atoms with E-state index >= 15 is 0 Å². The van der Waals surface area contributed by atoms with E-state index < -0.39 is 0 Å². The molecule has 128 valence electrons. The van der Waals surface area contributed by atoms with E-state index in [0.717, 1.165) is 17.1 Å². The Labute approximate surface area is 154 Å². The van der Waals surface area contributed by atoms with Crippen molar-refractivity contribution in [3.8, 4) is 23.0 Å². The smallest absolute Gasteiger partial charge is 0.170 e. The van der Waals surface area contributed by atoms with Crippen LogP contribution in [-0.4, -0.2) is 0 Å². The predicted molar refractivity (Wildman–Crippen MR) is 104 cm³/mol. The number of hydrogen-bond donors (Lipinski definition) is 1. The fourth-order valence-corrected chi connectivity index (χ4v) is 2.26. The summed E-state index contributed by atoms with van der Waals surface area (Å²) in [6.07, 6.45) is 1.69. The monoisotopic (exact) mass is 353 g/mol. The highest BCUT2D eigenvalue weighted by atomic mass is 35.5. The molecule has 0 fully saturated rings. The molecule has 0 saturated carbocycles. The number of halogens is 1. The Morgan fingerprint density at radius 3 is 1.80 bits per heavy atom. The lowest BCUT2D eigenvalue weighted by molar-refractivity contribution is 0.418. The molecule has 0 amide bonds. The maximum atomic E-state index is 6.04. The third-order valence-electron chi connectivity index (χ3n) is 3.55. The number of nitrogens with two attached hydrogens (primary N) is 1. The van der Waals surface area contributed by atoms with Crippen LogP contribution in [0, 0.1) is 0 Å². The number of para-hydroxylation sites is 2. The van der Waals surface area contributed by atoms with E-state index in [9.17, 15) is 0 Å². The molecule has 3 rings (SSSR count). The summed E-state index contributed by atoms with van der Waals surface area (Å²) in [6, 6.07) is 24.6. The molecule has 3 nitrogen and oxygen atoms in total. The van der Waals surface area contributed by atoms with Crippen LogP contribution in [0.25, 0.3) is 0 Å². The van der Waals surface area contributed by atoms with Gasteiger partial charge in [-0.05, 0) is 42.0 Å². The molecule has 25 heavy (non-hydrogen) atoms. The lowest BCUT2D eigenvalue weighted by Crippen LogP contribution is -2.06. The van der Waals surface area contributed by atoms with Crippen LogP contribution in [0.4, 0.5) is 0 Å². The summed E-state index contributed by atoms with van der Waals surface area (Å²) < 4.78 is 12.0. The van der Waals surface area contributed by atoms with Crippen molar-refractivity contribution in [2.24, 2.45) is 5.73 Å². The Kier molecular flexibility index (Phi) is 6.63. The van der Waals surface area contributed by atoms with E-state index in [1.807, 2.05) is 78.9 Å². The largest absolute Gasteiger partial charge is 0.453 e. The fraction of sp³-hybridized carbons (Fsp3) is 0.0476. The molecule has 0 saturated heterocycles. The highest BCUT2D eigenvalue weighted by Gasteiger charge is 2.11. The SMILES string of the molecule is C=C[C@H](N)c1ccc(Oc2ccccc2)c(Oc2ccccc2)c1.Cl. The van der Waals surface area contributed by atoms with Crippen molar-refractivity contribution in [3.05, 3.63) is 97.1 Å². The number of hydrogen-bond acceptors (Lipinski definition) is 3. The average Bonchev–Trinajstić information content (AvgIpc) is 2.64. The molecule has 0 spiro atoms. The van der Waals surface area contributed by atoms with Crippen LogP contribution in [0.2, 0.25) is 0 Å². The van der Waals surface area contributed by atoms with Crippen molar-refractivity contribution in [2.45, 2.75) is 6.04 Å². The number of rotatable bonds is 6. The first-order chi connectivity index (χ1) is 11.8. The van der Waals surface area contributed by atoms with Gasteiger partial charge in [0, 0.05) is 6.04 Å². The molecular formula is C21H20ClNO2. The van der Waals surface area contributed by atoms with Crippen molar-refractivity contribution in [3.63, 3.8) is 0 Å².